The molecule has 0 amide bonds. The van der Waals surface area contributed by atoms with E-state index in [4.69, 9.17) is 12.2 Å². The monoisotopic (exact) mass is 305 g/mol. The van der Waals surface area contributed by atoms with E-state index in [1.807, 2.05) is 13.3 Å². The molecule has 0 saturated heterocycles. The summed E-state index contributed by atoms with van der Waals surface area (Å²) in [5, 5.41) is 9.92. The Morgan fingerprint density at radius 1 is 1.29 bits per heavy atom. The Morgan fingerprint density at radius 3 is 2.43 bits per heavy atom. The SMILES string of the molecule is CCCCNC(=S)N(C)/N=C\c1ccc(C(C)(C)C)cc1. The fourth-order valence-corrected chi connectivity index (χ4v) is 1.91. The number of hydrogen-bond donors (Lipinski definition) is 1. The molecule has 1 aromatic carbocycles. The second kappa shape index (κ2) is 8.13. The van der Waals surface area contributed by atoms with Crippen LogP contribution < -0.4 is 5.32 Å². The average Bonchev–Trinajstić information content (AvgIpc) is 2.44. The third kappa shape index (κ3) is 6.25. The molecule has 0 heterocycles. The quantitative estimate of drug-likeness (QED) is 0.387. The van der Waals surface area contributed by atoms with E-state index < -0.39 is 0 Å². The molecule has 1 N–H and O–H groups in total. The Morgan fingerprint density at radius 2 is 1.90 bits per heavy atom. The summed E-state index contributed by atoms with van der Waals surface area (Å²) in [6.45, 7) is 9.70. The maximum atomic E-state index is 5.28. The molecule has 4 heteroatoms. The predicted octanol–water partition coefficient (Wildman–Crippen LogP) is 3.92. The lowest BCUT2D eigenvalue weighted by atomic mass is 9.87. The minimum absolute atomic E-state index is 0.178. The lowest BCUT2D eigenvalue weighted by molar-refractivity contribution is 0.530. The number of nitrogens with one attached hydrogen (secondary N) is 1. The van der Waals surface area contributed by atoms with Crippen LogP contribution in [0.3, 0.4) is 0 Å². The largest absolute Gasteiger partial charge is 0.361 e. The predicted molar refractivity (Wildman–Crippen MR) is 96.0 cm³/mol. The second-order valence-electron chi connectivity index (χ2n) is 6.23. The molecule has 0 spiro atoms. The number of rotatable bonds is 5. The van der Waals surface area contributed by atoms with Gasteiger partial charge in [0.2, 0.25) is 0 Å². The first-order valence-corrected chi connectivity index (χ1v) is 7.91. The van der Waals surface area contributed by atoms with E-state index in [9.17, 15) is 0 Å². The number of benzene rings is 1. The van der Waals surface area contributed by atoms with Gasteiger partial charge in [-0.1, -0.05) is 58.4 Å². The van der Waals surface area contributed by atoms with E-state index in [-0.39, 0.29) is 5.41 Å². The van der Waals surface area contributed by atoms with Gasteiger partial charge < -0.3 is 5.32 Å². The number of nitrogens with zero attached hydrogens (tertiary/aromatic N) is 2. The molecule has 0 atom stereocenters. The summed E-state index contributed by atoms with van der Waals surface area (Å²) in [6, 6.07) is 8.48. The molecule has 21 heavy (non-hydrogen) atoms. The Kier molecular flexibility index (Phi) is 6.82. The van der Waals surface area contributed by atoms with E-state index in [1.54, 1.807) is 5.01 Å². The minimum Gasteiger partial charge on any atom is -0.361 e. The van der Waals surface area contributed by atoms with Crippen molar-refractivity contribution in [2.45, 2.75) is 46.0 Å². The molecule has 116 valence electrons. The third-order valence-corrected chi connectivity index (χ3v) is 3.67. The summed E-state index contributed by atoms with van der Waals surface area (Å²) in [6.07, 6.45) is 4.11. The van der Waals surface area contributed by atoms with Gasteiger partial charge in [0.25, 0.3) is 0 Å². The number of hydrogen-bond acceptors (Lipinski definition) is 2. The maximum Gasteiger partial charge on any atom is 0.189 e. The zero-order valence-corrected chi connectivity index (χ0v) is 14.6. The van der Waals surface area contributed by atoms with E-state index in [0.717, 1.165) is 24.9 Å². The molecule has 0 aliphatic carbocycles. The molecule has 1 aromatic rings. The number of unbranched alkanes of at least 4 members (excludes halogenated alkanes) is 1. The van der Waals surface area contributed by atoms with Crippen LogP contribution in [-0.2, 0) is 5.41 Å². The van der Waals surface area contributed by atoms with Crippen molar-refractivity contribution in [3.05, 3.63) is 35.4 Å². The first kappa shape index (κ1) is 17.6. The first-order valence-electron chi connectivity index (χ1n) is 7.50. The fourth-order valence-electron chi connectivity index (χ4n) is 1.76. The molecule has 0 aliphatic rings. The van der Waals surface area contributed by atoms with Crippen LogP contribution in [0.4, 0.5) is 0 Å². The van der Waals surface area contributed by atoms with Gasteiger partial charge in [0, 0.05) is 13.6 Å². The van der Waals surface area contributed by atoms with Gasteiger partial charge in [0.05, 0.1) is 6.21 Å². The summed E-state index contributed by atoms with van der Waals surface area (Å²) in [5.41, 5.74) is 2.58. The summed E-state index contributed by atoms with van der Waals surface area (Å²) in [5.74, 6) is 0. The molecule has 0 saturated carbocycles. The van der Waals surface area contributed by atoms with E-state index in [0.29, 0.717) is 5.11 Å². The van der Waals surface area contributed by atoms with E-state index in [2.05, 4.69) is 62.4 Å². The number of thiocarbonyl (C=S) groups is 1. The molecule has 0 aromatic heterocycles. The van der Waals surface area contributed by atoms with Gasteiger partial charge in [0.1, 0.15) is 0 Å². The van der Waals surface area contributed by atoms with Crippen molar-refractivity contribution in [1.82, 2.24) is 10.3 Å². The Balaban J connectivity index is 2.57. The zero-order chi connectivity index (χ0) is 15.9. The molecular weight excluding hydrogens is 278 g/mol. The van der Waals surface area contributed by atoms with Crippen molar-refractivity contribution in [1.29, 1.82) is 0 Å². The summed E-state index contributed by atoms with van der Waals surface area (Å²) in [4.78, 5) is 0. The number of hydrazone groups is 1. The normalized spacial score (nSPS) is 11.7. The standard InChI is InChI=1S/C17H27N3S/c1-6-7-12-18-16(21)20(5)19-13-14-8-10-15(11-9-14)17(2,3)4/h8-11,13H,6-7,12H2,1-5H3,(H,18,21)/b19-13-. The Bertz CT molecular complexity index is 472. The van der Waals surface area contributed by atoms with Gasteiger partial charge in [0.15, 0.2) is 5.11 Å². The van der Waals surface area contributed by atoms with Crippen LogP contribution in [0.1, 0.15) is 51.7 Å². The minimum atomic E-state index is 0.178. The Hall–Kier alpha value is -1.42. The van der Waals surface area contributed by atoms with Crippen LogP contribution in [0.5, 0.6) is 0 Å². The lowest BCUT2D eigenvalue weighted by Gasteiger charge is -2.19. The summed E-state index contributed by atoms with van der Waals surface area (Å²) >= 11 is 5.28. The molecule has 0 unspecified atom stereocenters. The Labute approximate surface area is 134 Å². The van der Waals surface area contributed by atoms with Crippen LogP contribution >= 0.6 is 12.2 Å². The highest BCUT2D eigenvalue weighted by Gasteiger charge is 2.12. The summed E-state index contributed by atoms with van der Waals surface area (Å²) < 4.78 is 0. The molecule has 0 fully saturated rings. The van der Waals surface area contributed by atoms with Gasteiger partial charge in [-0.05, 0) is 35.2 Å². The molecule has 1 rings (SSSR count). The van der Waals surface area contributed by atoms with E-state index in [1.165, 1.54) is 5.56 Å². The lowest BCUT2D eigenvalue weighted by Crippen LogP contribution is -2.34. The van der Waals surface area contributed by atoms with Crippen molar-refractivity contribution in [3.63, 3.8) is 0 Å². The highest BCUT2D eigenvalue weighted by Crippen LogP contribution is 2.21. The maximum absolute atomic E-state index is 5.28. The smallest absolute Gasteiger partial charge is 0.189 e. The van der Waals surface area contributed by atoms with Crippen molar-refractivity contribution in [2.24, 2.45) is 5.10 Å². The summed E-state index contributed by atoms with van der Waals surface area (Å²) in [7, 11) is 1.86. The fraction of sp³-hybridized carbons (Fsp3) is 0.529. The van der Waals surface area contributed by atoms with Gasteiger partial charge in [-0.15, -0.1) is 0 Å². The van der Waals surface area contributed by atoms with Gasteiger partial charge in [-0.25, -0.2) is 5.01 Å². The van der Waals surface area contributed by atoms with E-state index >= 15 is 0 Å². The van der Waals surface area contributed by atoms with Crippen LogP contribution in [0, 0.1) is 0 Å². The van der Waals surface area contributed by atoms with Crippen LogP contribution in [0.15, 0.2) is 29.4 Å². The van der Waals surface area contributed by atoms with Crippen LogP contribution in [0.2, 0.25) is 0 Å². The first-order chi connectivity index (χ1) is 9.84. The van der Waals surface area contributed by atoms with Gasteiger partial charge >= 0.3 is 0 Å². The highest BCUT2D eigenvalue weighted by molar-refractivity contribution is 7.80. The topological polar surface area (TPSA) is 27.6 Å². The zero-order valence-electron chi connectivity index (χ0n) is 13.8. The van der Waals surface area contributed by atoms with Crippen LogP contribution in [0.25, 0.3) is 0 Å². The third-order valence-electron chi connectivity index (χ3n) is 3.26. The molecule has 3 nitrogen and oxygen atoms in total. The van der Waals surface area contributed by atoms with Crippen molar-refractivity contribution >= 4 is 23.5 Å². The highest BCUT2D eigenvalue weighted by atomic mass is 32.1. The molecule has 0 aliphatic heterocycles. The molecule has 0 bridgehead atoms. The van der Waals surface area contributed by atoms with Gasteiger partial charge in [-0.3, -0.25) is 0 Å². The van der Waals surface area contributed by atoms with Gasteiger partial charge in [-0.2, -0.15) is 5.10 Å². The second-order valence-corrected chi connectivity index (χ2v) is 6.61. The van der Waals surface area contributed by atoms with Crippen LogP contribution in [-0.4, -0.2) is 29.9 Å². The molecule has 0 radical (unpaired) electrons. The van der Waals surface area contributed by atoms with Crippen molar-refractivity contribution in [3.8, 4) is 0 Å². The molecular formula is C17H27N3S. The average molecular weight is 305 g/mol. The van der Waals surface area contributed by atoms with Crippen molar-refractivity contribution in [2.75, 3.05) is 13.6 Å². The van der Waals surface area contributed by atoms with Crippen molar-refractivity contribution < 1.29 is 0 Å².